The molecule has 116 valence electrons. The van der Waals surface area contributed by atoms with Crippen LogP contribution in [0.4, 0.5) is 0 Å². The Morgan fingerprint density at radius 2 is 2.43 bits per heavy atom. The summed E-state index contributed by atoms with van der Waals surface area (Å²) < 4.78 is 4.84. The summed E-state index contributed by atoms with van der Waals surface area (Å²) in [4.78, 5) is 18.8. The molecule has 9 heteroatoms. The van der Waals surface area contributed by atoms with E-state index in [2.05, 4.69) is 26.6 Å². The molecule has 0 radical (unpaired) electrons. The molecule has 0 saturated heterocycles. The van der Waals surface area contributed by atoms with Gasteiger partial charge < -0.3 is 9.57 Å². The van der Waals surface area contributed by atoms with Crippen molar-refractivity contribution in [1.29, 1.82) is 5.26 Å². The number of nitrogens with zero attached hydrogens (tertiary/aromatic N) is 6. The second-order valence-corrected chi connectivity index (χ2v) is 4.95. The lowest BCUT2D eigenvalue weighted by molar-refractivity contribution is -0.168. The van der Waals surface area contributed by atoms with Gasteiger partial charge in [0, 0.05) is 12.0 Å². The van der Waals surface area contributed by atoms with E-state index in [4.69, 9.17) is 14.8 Å². The predicted molar refractivity (Wildman–Crippen MR) is 76.0 cm³/mol. The van der Waals surface area contributed by atoms with Crippen molar-refractivity contribution in [3.63, 3.8) is 0 Å². The van der Waals surface area contributed by atoms with E-state index in [1.807, 2.05) is 0 Å². The van der Waals surface area contributed by atoms with Crippen molar-refractivity contribution in [2.24, 2.45) is 5.16 Å². The first-order valence-electron chi connectivity index (χ1n) is 6.72. The van der Waals surface area contributed by atoms with Crippen LogP contribution in [0.2, 0.25) is 0 Å². The van der Waals surface area contributed by atoms with Gasteiger partial charge in [-0.3, -0.25) is 0 Å². The summed E-state index contributed by atoms with van der Waals surface area (Å²) in [7, 11) is 1.27. The molecular formula is C14H12N6O3. The number of ether oxygens (including phenoxy) is 1. The highest BCUT2D eigenvalue weighted by molar-refractivity contribution is 6.04. The highest BCUT2D eigenvalue weighted by Crippen LogP contribution is 2.30. The van der Waals surface area contributed by atoms with Gasteiger partial charge in [0.25, 0.3) is 5.60 Å². The Balaban J connectivity index is 1.88. The van der Waals surface area contributed by atoms with Crippen LogP contribution in [0.5, 0.6) is 0 Å². The fourth-order valence-corrected chi connectivity index (χ4v) is 2.33. The molecule has 3 rings (SSSR count). The molecule has 0 fully saturated rings. The number of carbonyl (C=O) groups is 1. The van der Waals surface area contributed by atoms with Crippen LogP contribution in [0.25, 0.3) is 0 Å². The molecule has 23 heavy (non-hydrogen) atoms. The number of hydrogen-bond donors (Lipinski definition) is 0. The van der Waals surface area contributed by atoms with E-state index < -0.39 is 11.6 Å². The smallest absolute Gasteiger partial charge is 0.355 e. The summed E-state index contributed by atoms with van der Waals surface area (Å²) in [5.74, 6) is -0.579. The van der Waals surface area contributed by atoms with Crippen LogP contribution in [0.1, 0.15) is 17.5 Å². The van der Waals surface area contributed by atoms with Gasteiger partial charge in [-0.15, -0.1) is 10.2 Å². The van der Waals surface area contributed by atoms with E-state index in [-0.39, 0.29) is 13.0 Å². The minimum Gasteiger partial charge on any atom is -0.466 e. The first kappa shape index (κ1) is 14.6. The monoisotopic (exact) mass is 312 g/mol. The van der Waals surface area contributed by atoms with Gasteiger partial charge in [-0.2, -0.15) is 10.1 Å². The maximum Gasteiger partial charge on any atom is 0.355 e. The Hall–Kier alpha value is -3.28. The fraction of sp³-hybridized carbons (Fsp3) is 0.286. The molecule has 0 saturated carbocycles. The SMILES string of the molecule is COC(=O)C1(Cn2ncnn2)CC(c2cccc(C#N)c2)=NO1. The van der Waals surface area contributed by atoms with Gasteiger partial charge in [0.1, 0.15) is 6.54 Å². The minimum atomic E-state index is -1.35. The number of aromatic nitrogens is 4. The van der Waals surface area contributed by atoms with E-state index in [0.29, 0.717) is 16.8 Å². The van der Waals surface area contributed by atoms with Crippen molar-refractivity contribution in [2.45, 2.75) is 18.6 Å². The van der Waals surface area contributed by atoms with E-state index in [1.165, 1.54) is 18.2 Å². The molecule has 1 unspecified atom stereocenters. The number of rotatable bonds is 4. The summed E-state index contributed by atoms with van der Waals surface area (Å²) in [5.41, 5.74) is 0.403. The molecule has 0 spiro atoms. The summed E-state index contributed by atoms with van der Waals surface area (Å²) in [5, 5.41) is 24.2. The largest absolute Gasteiger partial charge is 0.466 e. The van der Waals surface area contributed by atoms with E-state index >= 15 is 0 Å². The standard InChI is InChI=1S/C14H12N6O3/c1-22-13(21)14(8-20-17-9-16-19-20)6-12(18-23-14)11-4-2-3-10(5-11)7-15/h2-5,9H,6,8H2,1H3. The van der Waals surface area contributed by atoms with Gasteiger partial charge >= 0.3 is 5.97 Å². The van der Waals surface area contributed by atoms with E-state index in [0.717, 1.165) is 0 Å². The third-order valence-electron chi connectivity index (χ3n) is 3.45. The second kappa shape index (κ2) is 5.84. The lowest BCUT2D eigenvalue weighted by atomic mass is 9.93. The molecule has 0 amide bonds. The van der Waals surface area contributed by atoms with Gasteiger partial charge in [0.15, 0.2) is 6.33 Å². The molecule has 2 heterocycles. The number of nitriles is 1. The highest BCUT2D eigenvalue weighted by Gasteiger charge is 2.49. The summed E-state index contributed by atoms with van der Waals surface area (Å²) in [6.45, 7) is 0.0185. The molecule has 9 nitrogen and oxygen atoms in total. The van der Waals surface area contributed by atoms with Gasteiger partial charge in [-0.25, -0.2) is 4.79 Å². The van der Waals surface area contributed by atoms with Crippen molar-refractivity contribution in [1.82, 2.24) is 20.2 Å². The van der Waals surface area contributed by atoms with Crippen LogP contribution >= 0.6 is 0 Å². The topological polar surface area (TPSA) is 115 Å². The second-order valence-electron chi connectivity index (χ2n) is 4.95. The molecule has 0 bridgehead atoms. The number of hydrogen-bond acceptors (Lipinski definition) is 8. The number of tetrazole rings is 1. The Morgan fingerprint density at radius 3 is 3.13 bits per heavy atom. The minimum absolute atomic E-state index is 0.0185. The Morgan fingerprint density at radius 1 is 1.57 bits per heavy atom. The molecule has 1 aromatic heterocycles. The number of carbonyl (C=O) groups excluding carboxylic acids is 1. The fourth-order valence-electron chi connectivity index (χ4n) is 2.33. The summed E-state index contributed by atoms with van der Waals surface area (Å²) in [6.07, 6.45) is 1.44. The van der Waals surface area contributed by atoms with Crippen LogP contribution in [0, 0.1) is 11.3 Å². The predicted octanol–water partition coefficient (Wildman–Crippen LogP) is 0.281. The van der Waals surface area contributed by atoms with Crippen molar-refractivity contribution < 1.29 is 14.4 Å². The molecule has 1 aromatic carbocycles. The zero-order valence-electron chi connectivity index (χ0n) is 12.2. The first-order valence-corrected chi connectivity index (χ1v) is 6.72. The van der Waals surface area contributed by atoms with Gasteiger partial charge in [0.2, 0.25) is 0 Å². The maximum absolute atomic E-state index is 12.2. The van der Waals surface area contributed by atoms with Crippen molar-refractivity contribution in [3.05, 3.63) is 41.7 Å². The van der Waals surface area contributed by atoms with Crippen LogP contribution in [0.3, 0.4) is 0 Å². The third-order valence-corrected chi connectivity index (χ3v) is 3.45. The number of benzene rings is 1. The van der Waals surface area contributed by atoms with Crippen LogP contribution in [0.15, 0.2) is 35.7 Å². The van der Waals surface area contributed by atoms with Crippen LogP contribution < -0.4 is 0 Å². The maximum atomic E-state index is 12.2. The molecule has 2 aromatic rings. The molecular weight excluding hydrogens is 300 g/mol. The van der Waals surface area contributed by atoms with Crippen LogP contribution in [-0.2, 0) is 20.9 Å². The quantitative estimate of drug-likeness (QED) is 0.744. The van der Waals surface area contributed by atoms with E-state index in [1.54, 1.807) is 24.3 Å². The average molecular weight is 312 g/mol. The van der Waals surface area contributed by atoms with Gasteiger partial charge in [-0.1, -0.05) is 17.3 Å². The summed E-state index contributed by atoms with van der Waals surface area (Å²) in [6, 6.07) is 8.97. The average Bonchev–Trinajstić information content (AvgIpc) is 3.25. The summed E-state index contributed by atoms with van der Waals surface area (Å²) >= 11 is 0. The van der Waals surface area contributed by atoms with E-state index in [9.17, 15) is 4.79 Å². The zero-order valence-corrected chi connectivity index (χ0v) is 12.2. The van der Waals surface area contributed by atoms with Crippen molar-refractivity contribution in [2.75, 3.05) is 7.11 Å². The lowest BCUT2D eigenvalue weighted by Gasteiger charge is -2.22. The number of oxime groups is 1. The van der Waals surface area contributed by atoms with Gasteiger partial charge in [0.05, 0.1) is 24.5 Å². The molecule has 1 aliphatic rings. The zero-order chi connectivity index (χ0) is 16.3. The Labute approximate surface area is 131 Å². The highest BCUT2D eigenvalue weighted by atomic mass is 16.7. The number of esters is 1. The lowest BCUT2D eigenvalue weighted by Crippen LogP contribution is -2.44. The number of methoxy groups -OCH3 is 1. The molecule has 0 N–H and O–H groups in total. The molecule has 1 aliphatic heterocycles. The first-order chi connectivity index (χ1) is 11.2. The van der Waals surface area contributed by atoms with Crippen molar-refractivity contribution >= 4 is 11.7 Å². The van der Waals surface area contributed by atoms with Crippen LogP contribution in [-0.4, -0.2) is 44.6 Å². The Bertz CT molecular complexity index is 795. The molecule has 0 aliphatic carbocycles. The normalized spacial score (nSPS) is 19.6. The van der Waals surface area contributed by atoms with Crippen molar-refractivity contribution in [3.8, 4) is 6.07 Å². The third kappa shape index (κ3) is 2.74. The Kier molecular flexibility index (Phi) is 3.72. The van der Waals surface area contributed by atoms with Gasteiger partial charge in [-0.05, 0) is 17.3 Å². The molecule has 1 atom stereocenters.